The van der Waals surface area contributed by atoms with Crippen LogP contribution in [0.5, 0.6) is 0 Å². The van der Waals surface area contributed by atoms with Crippen molar-refractivity contribution in [2.45, 2.75) is 18.8 Å². The van der Waals surface area contributed by atoms with E-state index in [4.69, 9.17) is 0 Å². The van der Waals surface area contributed by atoms with Crippen LogP contribution in [0.4, 0.5) is 0 Å². The number of nitrogens with one attached hydrogen (secondary N) is 2. The quantitative estimate of drug-likeness (QED) is 0.772. The molecule has 2 aliphatic rings. The highest BCUT2D eigenvalue weighted by Gasteiger charge is 2.51. The van der Waals surface area contributed by atoms with E-state index in [9.17, 15) is 4.79 Å². The molecule has 3 nitrogen and oxygen atoms in total. The maximum absolute atomic E-state index is 12.1. The van der Waals surface area contributed by atoms with Gasteiger partial charge in [0, 0.05) is 17.3 Å². The maximum atomic E-state index is 12.1. The first kappa shape index (κ1) is 10.3. The van der Waals surface area contributed by atoms with Crippen molar-refractivity contribution in [2.75, 3.05) is 19.6 Å². The minimum atomic E-state index is -0.129. The van der Waals surface area contributed by atoms with E-state index in [0.29, 0.717) is 5.92 Å². The number of carbonyl (C=O) groups is 1. The second-order valence-electron chi connectivity index (χ2n) is 4.68. The number of thiophene rings is 1. The largest absolute Gasteiger partial charge is 0.355 e. The van der Waals surface area contributed by atoms with Gasteiger partial charge in [0.15, 0.2) is 0 Å². The molecule has 2 N–H and O–H groups in total. The lowest BCUT2D eigenvalue weighted by Crippen LogP contribution is -2.43. The standard InChI is InChI=1S/C12H16N2OS/c15-11-12(3-5-13-6-4-12)9(8-14-11)10-2-1-7-16-10/h1-2,7,9,13H,3-6,8H2,(H,14,15). The summed E-state index contributed by atoms with van der Waals surface area (Å²) < 4.78 is 0. The van der Waals surface area contributed by atoms with Gasteiger partial charge in [-0.25, -0.2) is 0 Å². The number of hydrogen-bond donors (Lipinski definition) is 2. The molecule has 2 fully saturated rings. The van der Waals surface area contributed by atoms with Crippen LogP contribution in [0.3, 0.4) is 0 Å². The molecule has 86 valence electrons. The molecule has 16 heavy (non-hydrogen) atoms. The highest BCUT2D eigenvalue weighted by molar-refractivity contribution is 7.10. The Morgan fingerprint density at radius 3 is 2.88 bits per heavy atom. The summed E-state index contributed by atoms with van der Waals surface area (Å²) in [4.78, 5) is 13.5. The summed E-state index contributed by atoms with van der Waals surface area (Å²) in [6.45, 7) is 2.75. The first-order chi connectivity index (χ1) is 7.83. The Kier molecular flexibility index (Phi) is 2.48. The van der Waals surface area contributed by atoms with Crippen LogP contribution in [0.25, 0.3) is 0 Å². The number of amides is 1. The first-order valence-electron chi connectivity index (χ1n) is 5.85. The van der Waals surface area contributed by atoms with Crippen LogP contribution in [0.15, 0.2) is 17.5 Å². The van der Waals surface area contributed by atoms with Gasteiger partial charge in [-0.2, -0.15) is 0 Å². The first-order valence-corrected chi connectivity index (χ1v) is 6.73. The van der Waals surface area contributed by atoms with Crippen LogP contribution in [0.1, 0.15) is 23.6 Å². The summed E-state index contributed by atoms with van der Waals surface area (Å²) in [5.74, 6) is 0.662. The molecule has 0 bridgehead atoms. The predicted molar refractivity (Wildman–Crippen MR) is 64.6 cm³/mol. The van der Waals surface area contributed by atoms with Crippen LogP contribution < -0.4 is 10.6 Å². The fraction of sp³-hybridized carbons (Fsp3) is 0.583. The minimum absolute atomic E-state index is 0.129. The highest BCUT2D eigenvalue weighted by atomic mass is 32.1. The lowest BCUT2D eigenvalue weighted by molar-refractivity contribution is -0.129. The molecule has 2 aliphatic heterocycles. The van der Waals surface area contributed by atoms with E-state index in [-0.39, 0.29) is 11.3 Å². The monoisotopic (exact) mass is 236 g/mol. The zero-order valence-corrected chi connectivity index (χ0v) is 9.98. The average Bonchev–Trinajstić information content (AvgIpc) is 2.91. The Balaban J connectivity index is 1.95. The van der Waals surface area contributed by atoms with Crippen molar-refractivity contribution in [2.24, 2.45) is 5.41 Å². The van der Waals surface area contributed by atoms with E-state index in [1.54, 1.807) is 11.3 Å². The minimum Gasteiger partial charge on any atom is -0.355 e. The summed E-state index contributed by atoms with van der Waals surface area (Å²) >= 11 is 1.78. The van der Waals surface area contributed by atoms with E-state index in [0.717, 1.165) is 32.5 Å². The molecule has 1 aromatic rings. The maximum Gasteiger partial charge on any atom is 0.227 e. The summed E-state index contributed by atoms with van der Waals surface area (Å²) in [5.41, 5.74) is -0.129. The number of carbonyl (C=O) groups excluding carboxylic acids is 1. The van der Waals surface area contributed by atoms with Gasteiger partial charge in [0.2, 0.25) is 5.91 Å². The zero-order valence-electron chi connectivity index (χ0n) is 9.16. The third kappa shape index (κ3) is 1.40. The van der Waals surface area contributed by atoms with Gasteiger partial charge in [0.25, 0.3) is 0 Å². The molecule has 0 aliphatic carbocycles. The van der Waals surface area contributed by atoms with E-state index in [1.165, 1.54) is 4.88 Å². The molecule has 1 spiro atoms. The average molecular weight is 236 g/mol. The fourth-order valence-electron chi connectivity index (χ4n) is 3.04. The van der Waals surface area contributed by atoms with Crippen LogP contribution in [-0.2, 0) is 4.79 Å². The zero-order chi connectivity index (χ0) is 11.0. The van der Waals surface area contributed by atoms with Crippen molar-refractivity contribution in [1.82, 2.24) is 10.6 Å². The fourth-order valence-corrected chi connectivity index (χ4v) is 3.98. The van der Waals surface area contributed by atoms with Crippen molar-refractivity contribution in [3.8, 4) is 0 Å². The van der Waals surface area contributed by atoms with Gasteiger partial charge < -0.3 is 10.6 Å². The molecule has 1 amide bonds. The summed E-state index contributed by atoms with van der Waals surface area (Å²) in [7, 11) is 0. The van der Waals surface area contributed by atoms with Gasteiger partial charge >= 0.3 is 0 Å². The second-order valence-corrected chi connectivity index (χ2v) is 5.66. The van der Waals surface area contributed by atoms with Crippen molar-refractivity contribution in [3.05, 3.63) is 22.4 Å². The van der Waals surface area contributed by atoms with Gasteiger partial charge in [0.05, 0.1) is 5.41 Å². The van der Waals surface area contributed by atoms with E-state index >= 15 is 0 Å². The van der Waals surface area contributed by atoms with Crippen molar-refractivity contribution in [3.63, 3.8) is 0 Å². The highest BCUT2D eigenvalue weighted by Crippen LogP contribution is 2.47. The van der Waals surface area contributed by atoms with E-state index < -0.39 is 0 Å². The third-order valence-corrected chi connectivity index (χ3v) is 4.95. The van der Waals surface area contributed by atoms with Crippen LogP contribution >= 0.6 is 11.3 Å². The summed E-state index contributed by atoms with van der Waals surface area (Å²) in [5, 5.41) is 8.51. The Bertz CT molecular complexity index is 382. The van der Waals surface area contributed by atoms with E-state index in [1.807, 2.05) is 0 Å². The molecule has 1 atom stereocenters. The Hall–Kier alpha value is -0.870. The molecule has 0 radical (unpaired) electrons. The summed E-state index contributed by atoms with van der Waals surface area (Å²) in [6.07, 6.45) is 1.95. The van der Waals surface area contributed by atoms with Gasteiger partial charge in [-0.1, -0.05) is 6.07 Å². The lowest BCUT2D eigenvalue weighted by atomic mass is 9.70. The molecular weight excluding hydrogens is 220 g/mol. The van der Waals surface area contributed by atoms with Gasteiger partial charge in [-0.15, -0.1) is 11.3 Å². The summed E-state index contributed by atoms with van der Waals surface area (Å²) in [6, 6.07) is 4.25. The number of rotatable bonds is 1. The number of piperidine rings is 1. The topological polar surface area (TPSA) is 41.1 Å². The normalized spacial score (nSPS) is 28.2. The molecular formula is C12H16N2OS. The lowest BCUT2D eigenvalue weighted by Gasteiger charge is -2.35. The Morgan fingerprint density at radius 1 is 1.38 bits per heavy atom. The molecule has 4 heteroatoms. The van der Waals surface area contributed by atoms with Crippen molar-refractivity contribution in [1.29, 1.82) is 0 Å². The molecule has 0 saturated carbocycles. The predicted octanol–water partition coefficient (Wildman–Crippen LogP) is 1.33. The van der Waals surface area contributed by atoms with Crippen molar-refractivity contribution >= 4 is 17.2 Å². The Morgan fingerprint density at radius 2 is 2.19 bits per heavy atom. The van der Waals surface area contributed by atoms with Crippen LogP contribution in [0, 0.1) is 5.41 Å². The third-order valence-electron chi connectivity index (χ3n) is 3.97. The van der Waals surface area contributed by atoms with Gasteiger partial charge in [-0.05, 0) is 37.4 Å². The van der Waals surface area contributed by atoms with Gasteiger partial charge in [-0.3, -0.25) is 4.79 Å². The van der Waals surface area contributed by atoms with Crippen LogP contribution in [0.2, 0.25) is 0 Å². The SMILES string of the molecule is O=C1NCC(c2cccs2)C12CCNCC2. The molecule has 1 unspecified atom stereocenters. The van der Waals surface area contributed by atoms with E-state index in [2.05, 4.69) is 28.1 Å². The Labute approximate surface area is 99.2 Å². The molecule has 3 rings (SSSR count). The number of hydrogen-bond acceptors (Lipinski definition) is 3. The molecule has 0 aromatic carbocycles. The molecule has 1 aromatic heterocycles. The van der Waals surface area contributed by atoms with Gasteiger partial charge in [0.1, 0.15) is 0 Å². The molecule has 2 saturated heterocycles. The van der Waals surface area contributed by atoms with Crippen molar-refractivity contribution < 1.29 is 4.79 Å². The smallest absolute Gasteiger partial charge is 0.227 e. The molecule has 3 heterocycles. The second kappa shape index (κ2) is 3.86. The van der Waals surface area contributed by atoms with Crippen LogP contribution in [-0.4, -0.2) is 25.5 Å².